The van der Waals surface area contributed by atoms with Crippen molar-refractivity contribution in [1.29, 1.82) is 0 Å². The first-order chi connectivity index (χ1) is 8.56. The maximum Gasteiger partial charge on any atom is 0.210 e. The molecule has 0 atom stereocenters. The van der Waals surface area contributed by atoms with E-state index in [1.165, 1.54) is 12.7 Å². The number of hydrogen-bond acceptors (Lipinski definition) is 5. The Kier molecular flexibility index (Phi) is 4.13. The third-order valence-electron chi connectivity index (χ3n) is 3.05. The van der Waals surface area contributed by atoms with Crippen LogP contribution in [0.25, 0.3) is 0 Å². The molecule has 0 aliphatic heterocycles. The Morgan fingerprint density at radius 2 is 2.00 bits per heavy atom. The van der Waals surface area contributed by atoms with Gasteiger partial charge in [0.1, 0.15) is 12.1 Å². The Balaban J connectivity index is 2.08. The Morgan fingerprint density at radius 1 is 1.22 bits per heavy atom. The normalized spacial score (nSPS) is 15.8. The summed E-state index contributed by atoms with van der Waals surface area (Å²) in [6.45, 7) is 0.280. The molecule has 0 fully saturated rings. The molecule has 0 spiro atoms. The quantitative estimate of drug-likeness (QED) is 0.774. The van der Waals surface area contributed by atoms with E-state index in [0.29, 0.717) is 0 Å². The molecule has 1 aliphatic carbocycles. The predicted molar refractivity (Wildman–Crippen MR) is 69.8 cm³/mol. The summed E-state index contributed by atoms with van der Waals surface area (Å²) in [6.07, 6.45) is 6.94. The van der Waals surface area contributed by atoms with Gasteiger partial charge in [-0.1, -0.05) is 6.42 Å². The van der Waals surface area contributed by atoms with Gasteiger partial charge in [-0.2, -0.15) is 0 Å². The molecule has 0 saturated heterocycles. The Hall–Kier alpha value is -1.21. The van der Waals surface area contributed by atoms with Gasteiger partial charge in [-0.15, -0.1) is 0 Å². The van der Waals surface area contributed by atoms with Crippen LogP contribution in [0.4, 0.5) is 5.82 Å². The number of anilines is 1. The number of nitrogens with zero attached hydrogens (tertiary/aromatic N) is 2. The van der Waals surface area contributed by atoms with Crippen molar-refractivity contribution >= 4 is 15.8 Å². The van der Waals surface area contributed by atoms with Crippen molar-refractivity contribution in [2.45, 2.75) is 32.1 Å². The lowest BCUT2D eigenvalue weighted by atomic mass is 10.1. The standard InChI is InChI=1S/C11H18N4O2S/c12-18(16,17)7-6-13-11-9-4-2-1-3-5-10(9)14-8-15-11/h8H,1-7H2,(H2,12,16,17)(H,13,14,15). The molecular formula is C11H18N4O2S. The fourth-order valence-electron chi connectivity index (χ4n) is 2.16. The predicted octanol–water partition coefficient (Wildman–Crippen LogP) is 0.446. The molecule has 100 valence electrons. The van der Waals surface area contributed by atoms with E-state index < -0.39 is 10.0 Å². The van der Waals surface area contributed by atoms with Crippen LogP contribution in [0.5, 0.6) is 0 Å². The number of sulfonamides is 1. The molecule has 0 amide bonds. The Bertz CT molecular complexity index is 516. The minimum atomic E-state index is -3.43. The van der Waals surface area contributed by atoms with Gasteiger partial charge >= 0.3 is 0 Å². The van der Waals surface area contributed by atoms with E-state index >= 15 is 0 Å². The lowest BCUT2D eigenvalue weighted by molar-refractivity contribution is 0.598. The smallest absolute Gasteiger partial charge is 0.210 e. The monoisotopic (exact) mass is 270 g/mol. The molecule has 0 aromatic carbocycles. The molecule has 18 heavy (non-hydrogen) atoms. The van der Waals surface area contributed by atoms with Gasteiger partial charge in [-0.25, -0.2) is 23.5 Å². The second-order valence-electron chi connectivity index (χ2n) is 4.50. The van der Waals surface area contributed by atoms with Crippen molar-refractivity contribution < 1.29 is 8.42 Å². The maximum atomic E-state index is 10.9. The number of primary sulfonamides is 1. The van der Waals surface area contributed by atoms with Crippen LogP contribution in [0, 0.1) is 0 Å². The van der Waals surface area contributed by atoms with Crippen molar-refractivity contribution in [3.05, 3.63) is 17.6 Å². The van der Waals surface area contributed by atoms with Crippen LogP contribution in [0.15, 0.2) is 6.33 Å². The molecule has 1 heterocycles. The van der Waals surface area contributed by atoms with Crippen molar-refractivity contribution in [2.75, 3.05) is 17.6 Å². The van der Waals surface area contributed by atoms with E-state index in [1.807, 2.05) is 0 Å². The van der Waals surface area contributed by atoms with Crippen LogP contribution in [0.2, 0.25) is 0 Å². The van der Waals surface area contributed by atoms with E-state index in [1.54, 1.807) is 0 Å². The van der Waals surface area contributed by atoms with E-state index in [0.717, 1.165) is 42.8 Å². The minimum absolute atomic E-state index is 0.0915. The zero-order valence-corrected chi connectivity index (χ0v) is 11.0. The second-order valence-corrected chi connectivity index (χ2v) is 6.24. The van der Waals surface area contributed by atoms with Crippen LogP contribution in [-0.2, 0) is 22.9 Å². The number of nitrogens with two attached hydrogens (primary N) is 1. The topological polar surface area (TPSA) is 98.0 Å². The zero-order valence-electron chi connectivity index (χ0n) is 10.2. The number of aryl methyl sites for hydroxylation is 1. The highest BCUT2D eigenvalue weighted by Gasteiger charge is 2.14. The third-order valence-corrected chi connectivity index (χ3v) is 3.83. The van der Waals surface area contributed by atoms with Gasteiger partial charge < -0.3 is 5.32 Å². The van der Waals surface area contributed by atoms with Crippen LogP contribution < -0.4 is 10.5 Å². The molecule has 0 radical (unpaired) electrons. The van der Waals surface area contributed by atoms with E-state index in [2.05, 4.69) is 15.3 Å². The molecule has 0 unspecified atom stereocenters. The Morgan fingerprint density at radius 3 is 2.78 bits per heavy atom. The number of fused-ring (bicyclic) bond motifs is 1. The zero-order chi connectivity index (χ0) is 13.0. The van der Waals surface area contributed by atoms with Crippen molar-refractivity contribution in [3.63, 3.8) is 0 Å². The molecule has 0 bridgehead atoms. The molecule has 0 saturated carbocycles. The highest BCUT2D eigenvalue weighted by atomic mass is 32.2. The summed E-state index contributed by atoms with van der Waals surface area (Å²) in [4.78, 5) is 8.50. The summed E-state index contributed by atoms with van der Waals surface area (Å²) < 4.78 is 21.7. The van der Waals surface area contributed by atoms with Crippen LogP contribution in [0.1, 0.15) is 30.5 Å². The fourth-order valence-corrected chi connectivity index (χ4v) is 2.55. The molecule has 6 nitrogen and oxygen atoms in total. The molecule has 1 aliphatic rings. The van der Waals surface area contributed by atoms with E-state index in [9.17, 15) is 8.42 Å². The summed E-state index contributed by atoms with van der Waals surface area (Å²) in [5, 5.41) is 8.01. The van der Waals surface area contributed by atoms with Gasteiger partial charge in [0.05, 0.1) is 5.75 Å². The molecule has 3 N–H and O–H groups in total. The van der Waals surface area contributed by atoms with Gasteiger partial charge in [-0.05, 0) is 25.7 Å². The fraction of sp³-hybridized carbons (Fsp3) is 0.636. The summed E-state index contributed by atoms with van der Waals surface area (Å²) in [7, 11) is -3.43. The maximum absolute atomic E-state index is 10.9. The third kappa shape index (κ3) is 3.64. The molecule has 2 rings (SSSR count). The highest BCUT2D eigenvalue weighted by molar-refractivity contribution is 7.89. The summed E-state index contributed by atoms with van der Waals surface area (Å²) in [6, 6.07) is 0. The SMILES string of the molecule is NS(=O)(=O)CCNc1ncnc2c1CCCCC2. The van der Waals surface area contributed by atoms with Crippen LogP contribution in [-0.4, -0.2) is 30.7 Å². The van der Waals surface area contributed by atoms with Crippen molar-refractivity contribution in [2.24, 2.45) is 5.14 Å². The minimum Gasteiger partial charge on any atom is -0.369 e. The van der Waals surface area contributed by atoms with Crippen molar-refractivity contribution in [3.8, 4) is 0 Å². The van der Waals surface area contributed by atoms with Gasteiger partial charge in [-0.3, -0.25) is 0 Å². The summed E-state index contributed by atoms with van der Waals surface area (Å²) in [5.74, 6) is 0.664. The van der Waals surface area contributed by atoms with Gasteiger partial charge in [0.2, 0.25) is 10.0 Å². The van der Waals surface area contributed by atoms with Crippen LogP contribution in [0.3, 0.4) is 0 Å². The lowest BCUT2D eigenvalue weighted by Crippen LogP contribution is -2.23. The highest BCUT2D eigenvalue weighted by Crippen LogP contribution is 2.23. The largest absolute Gasteiger partial charge is 0.369 e. The van der Waals surface area contributed by atoms with E-state index in [4.69, 9.17) is 5.14 Å². The average molecular weight is 270 g/mol. The molecular weight excluding hydrogens is 252 g/mol. The number of hydrogen-bond donors (Lipinski definition) is 2. The first-order valence-electron chi connectivity index (χ1n) is 6.13. The molecule has 1 aromatic heterocycles. The average Bonchev–Trinajstić information content (AvgIpc) is 2.53. The van der Waals surface area contributed by atoms with Crippen molar-refractivity contribution in [1.82, 2.24) is 9.97 Å². The number of rotatable bonds is 4. The molecule has 7 heteroatoms. The number of aromatic nitrogens is 2. The summed E-state index contributed by atoms with van der Waals surface area (Å²) >= 11 is 0. The first kappa shape index (κ1) is 13.2. The lowest BCUT2D eigenvalue weighted by Gasteiger charge is -2.11. The van der Waals surface area contributed by atoms with Gasteiger partial charge in [0.15, 0.2) is 0 Å². The van der Waals surface area contributed by atoms with Gasteiger partial charge in [0, 0.05) is 17.8 Å². The Labute approximate surface area is 107 Å². The number of nitrogens with one attached hydrogen (secondary N) is 1. The first-order valence-corrected chi connectivity index (χ1v) is 7.85. The van der Waals surface area contributed by atoms with Crippen LogP contribution >= 0.6 is 0 Å². The molecule has 1 aromatic rings. The van der Waals surface area contributed by atoms with E-state index in [-0.39, 0.29) is 12.3 Å². The summed E-state index contributed by atoms with van der Waals surface area (Å²) in [5.41, 5.74) is 2.21. The van der Waals surface area contributed by atoms with Gasteiger partial charge in [0.25, 0.3) is 0 Å². The second kappa shape index (κ2) is 5.62.